The summed E-state index contributed by atoms with van der Waals surface area (Å²) in [6, 6.07) is 12.8. The van der Waals surface area contributed by atoms with E-state index in [0.717, 1.165) is 10.8 Å². The number of rotatable bonds is 2. The smallest absolute Gasteiger partial charge is 0.336 e. The molecule has 0 heterocycles. The van der Waals surface area contributed by atoms with Crippen LogP contribution in [0, 0.1) is 11.3 Å². The molecule has 0 fully saturated rings. The minimum absolute atomic E-state index is 0.204. The number of nitriles is 1. The summed E-state index contributed by atoms with van der Waals surface area (Å²) in [5.41, 5.74) is 0.743. The number of allylic oxidation sites excluding steroid dienone is 1. The predicted molar refractivity (Wildman–Crippen MR) is 65.6 cm³/mol. The molecule has 2 aromatic carbocycles. The number of hydrogen-bond donors (Lipinski definition) is 1. The van der Waals surface area contributed by atoms with Crippen LogP contribution in [0.15, 0.2) is 42.5 Å². The van der Waals surface area contributed by atoms with Crippen LogP contribution in [0.25, 0.3) is 16.8 Å². The van der Waals surface area contributed by atoms with Gasteiger partial charge in [0, 0.05) is 6.08 Å². The number of carboxylic acids is 1. The number of benzene rings is 2. The summed E-state index contributed by atoms with van der Waals surface area (Å²) in [5, 5.41) is 19.4. The van der Waals surface area contributed by atoms with E-state index in [4.69, 9.17) is 10.4 Å². The van der Waals surface area contributed by atoms with Crippen LogP contribution in [-0.4, -0.2) is 11.1 Å². The summed E-state index contributed by atoms with van der Waals surface area (Å²) in [6.45, 7) is 0. The van der Waals surface area contributed by atoms with Crippen molar-refractivity contribution in [3.63, 3.8) is 0 Å². The van der Waals surface area contributed by atoms with Crippen molar-refractivity contribution in [1.82, 2.24) is 0 Å². The van der Waals surface area contributed by atoms with Gasteiger partial charge in [-0.15, -0.1) is 0 Å². The van der Waals surface area contributed by atoms with Crippen molar-refractivity contribution in [1.29, 1.82) is 5.26 Å². The SMILES string of the molecule is N#C/C=C/c1cc2ccccc2cc1C(=O)O. The van der Waals surface area contributed by atoms with Crippen LogP contribution in [0.1, 0.15) is 15.9 Å². The highest BCUT2D eigenvalue weighted by Gasteiger charge is 2.09. The second kappa shape index (κ2) is 4.50. The zero-order chi connectivity index (χ0) is 12.3. The normalized spacial score (nSPS) is 10.5. The zero-order valence-electron chi connectivity index (χ0n) is 8.92. The molecule has 17 heavy (non-hydrogen) atoms. The summed E-state index contributed by atoms with van der Waals surface area (Å²) in [5.74, 6) is -0.992. The highest BCUT2D eigenvalue weighted by atomic mass is 16.4. The van der Waals surface area contributed by atoms with Crippen LogP contribution in [-0.2, 0) is 0 Å². The second-order valence-electron chi connectivity index (χ2n) is 3.55. The predicted octanol–water partition coefficient (Wildman–Crippen LogP) is 3.07. The molecule has 0 aliphatic carbocycles. The third-order valence-electron chi connectivity index (χ3n) is 2.49. The molecule has 3 nitrogen and oxygen atoms in total. The molecule has 0 unspecified atom stereocenters. The molecular weight excluding hydrogens is 214 g/mol. The third-order valence-corrected chi connectivity index (χ3v) is 2.49. The minimum atomic E-state index is -0.992. The molecule has 3 heteroatoms. The lowest BCUT2D eigenvalue weighted by atomic mass is 10.0. The average Bonchev–Trinajstić information content (AvgIpc) is 2.35. The Balaban J connectivity index is 2.71. The fraction of sp³-hybridized carbons (Fsp3) is 0. The molecule has 0 saturated heterocycles. The van der Waals surface area contributed by atoms with Gasteiger partial charge in [-0.3, -0.25) is 0 Å². The first-order chi connectivity index (χ1) is 8.22. The van der Waals surface area contributed by atoms with E-state index in [0.29, 0.717) is 5.56 Å². The first-order valence-electron chi connectivity index (χ1n) is 5.04. The fourth-order valence-corrected chi connectivity index (χ4v) is 1.71. The zero-order valence-corrected chi connectivity index (χ0v) is 8.92. The molecule has 0 spiro atoms. The van der Waals surface area contributed by atoms with Crippen LogP contribution in [0.4, 0.5) is 0 Å². The van der Waals surface area contributed by atoms with Crippen LogP contribution in [0.3, 0.4) is 0 Å². The number of nitrogens with zero attached hydrogens (tertiary/aromatic N) is 1. The van der Waals surface area contributed by atoms with Crippen molar-refractivity contribution in [2.24, 2.45) is 0 Å². The van der Waals surface area contributed by atoms with Crippen molar-refractivity contribution >= 4 is 22.8 Å². The van der Waals surface area contributed by atoms with Gasteiger partial charge >= 0.3 is 5.97 Å². The van der Waals surface area contributed by atoms with E-state index in [-0.39, 0.29) is 5.56 Å². The number of carbonyl (C=O) groups is 1. The van der Waals surface area contributed by atoms with Gasteiger partial charge in [-0.05, 0) is 34.5 Å². The number of carboxylic acid groups (broad SMARTS) is 1. The highest BCUT2D eigenvalue weighted by molar-refractivity contribution is 5.98. The number of hydrogen-bond acceptors (Lipinski definition) is 2. The molecule has 82 valence electrons. The lowest BCUT2D eigenvalue weighted by molar-refractivity contribution is 0.0697. The van der Waals surface area contributed by atoms with Gasteiger partial charge in [0.1, 0.15) is 0 Å². The minimum Gasteiger partial charge on any atom is -0.478 e. The first-order valence-corrected chi connectivity index (χ1v) is 5.04. The lowest BCUT2D eigenvalue weighted by Gasteiger charge is -2.04. The molecule has 0 saturated carbocycles. The Hall–Kier alpha value is -2.60. The third kappa shape index (κ3) is 2.16. The summed E-state index contributed by atoms with van der Waals surface area (Å²) in [4.78, 5) is 11.1. The lowest BCUT2D eigenvalue weighted by Crippen LogP contribution is -1.99. The maximum atomic E-state index is 11.1. The largest absolute Gasteiger partial charge is 0.478 e. The van der Waals surface area contributed by atoms with Crippen molar-refractivity contribution in [3.05, 3.63) is 53.6 Å². The van der Waals surface area contributed by atoms with E-state index in [1.165, 1.54) is 12.2 Å². The highest BCUT2D eigenvalue weighted by Crippen LogP contribution is 2.21. The Morgan fingerprint density at radius 2 is 1.88 bits per heavy atom. The molecule has 0 aliphatic heterocycles. The van der Waals surface area contributed by atoms with Gasteiger partial charge in [0.15, 0.2) is 0 Å². The molecule has 2 rings (SSSR count). The van der Waals surface area contributed by atoms with E-state index in [9.17, 15) is 4.79 Å². The average molecular weight is 223 g/mol. The molecule has 0 bridgehead atoms. The Morgan fingerprint density at radius 1 is 1.24 bits per heavy atom. The van der Waals surface area contributed by atoms with Crippen LogP contribution >= 0.6 is 0 Å². The van der Waals surface area contributed by atoms with E-state index in [1.807, 2.05) is 30.3 Å². The molecule has 0 atom stereocenters. The Kier molecular flexibility index (Phi) is 2.89. The molecule has 1 N–H and O–H groups in total. The van der Waals surface area contributed by atoms with E-state index in [2.05, 4.69) is 0 Å². The first kappa shape index (κ1) is 10.9. The van der Waals surface area contributed by atoms with E-state index < -0.39 is 5.97 Å². The maximum Gasteiger partial charge on any atom is 0.336 e. The monoisotopic (exact) mass is 223 g/mol. The van der Waals surface area contributed by atoms with E-state index in [1.54, 1.807) is 12.1 Å². The quantitative estimate of drug-likeness (QED) is 0.796. The molecule has 0 amide bonds. The Bertz CT molecular complexity index is 651. The Morgan fingerprint density at radius 3 is 2.47 bits per heavy atom. The van der Waals surface area contributed by atoms with Gasteiger partial charge < -0.3 is 5.11 Å². The number of fused-ring (bicyclic) bond motifs is 1. The molecule has 0 aromatic heterocycles. The molecular formula is C14H9NO2. The van der Waals surface area contributed by atoms with Crippen molar-refractivity contribution in [3.8, 4) is 6.07 Å². The second-order valence-corrected chi connectivity index (χ2v) is 3.55. The van der Waals surface area contributed by atoms with Gasteiger partial charge in [-0.1, -0.05) is 24.3 Å². The van der Waals surface area contributed by atoms with Gasteiger partial charge in [-0.25, -0.2) is 4.79 Å². The Labute approximate surface area is 98.2 Å². The summed E-state index contributed by atoms with van der Waals surface area (Å²) >= 11 is 0. The van der Waals surface area contributed by atoms with Gasteiger partial charge in [0.25, 0.3) is 0 Å². The van der Waals surface area contributed by atoms with Gasteiger partial charge in [0.05, 0.1) is 11.6 Å². The van der Waals surface area contributed by atoms with Gasteiger partial charge in [0.2, 0.25) is 0 Å². The van der Waals surface area contributed by atoms with Crippen molar-refractivity contribution in [2.45, 2.75) is 0 Å². The standard InChI is InChI=1S/C14H9NO2/c15-7-3-6-12-8-10-4-1-2-5-11(10)9-13(12)14(16)17/h1-6,8-9H,(H,16,17)/b6-3+. The molecule has 0 radical (unpaired) electrons. The van der Waals surface area contributed by atoms with Crippen LogP contribution < -0.4 is 0 Å². The van der Waals surface area contributed by atoms with Crippen LogP contribution in [0.5, 0.6) is 0 Å². The summed E-state index contributed by atoms with van der Waals surface area (Å²) in [7, 11) is 0. The fourth-order valence-electron chi connectivity index (χ4n) is 1.71. The number of aromatic carboxylic acids is 1. The molecule has 2 aromatic rings. The van der Waals surface area contributed by atoms with Crippen LogP contribution in [0.2, 0.25) is 0 Å². The van der Waals surface area contributed by atoms with Gasteiger partial charge in [-0.2, -0.15) is 5.26 Å². The topological polar surface area (TPSA) is 61.1 Å². The molecule has 0 aliphatic rings. The van der Waals surface area contributed by atoms with Crippen molar-refractivity contribution < 1.29 is 9.90 Å². The maximum absolute atomic E-state index is 11.1. The summed E-state index contributed by atoms with van der Waals surface area (Å²) in [6.07, 6.45) is 2.78. The van der Waals surface area contributed by atoms with E-state index >= 15 is 0 Å². The summed E-state index contributed by atoms with van der Waals surface area (Å²) < 4.78 is 0. The van der Waals surface area contributed by atoms with Crippen molar-refractivity contribution in [2.75, 3.05) is 0 Å².